The van der Waals surface area contributed by atoms with Crippen molar-refractivity contribution in [1.82, 2.24) is 10.6 Å². The molecule has 0 aromatic carbocycles. The first kappa shape index (κ1) is 21.7. The maximum absolute atomic E-state index is 12.8. The zero-order valence-corrected chi connectivity index (χ0v) is 16.5. The van der Waals surface area contributed by atoms with E-state index in [1.807, 2.05) is 0 Å². The molecular weight excluding hydrogens is 384 g/mol. The van der Waals surface area contributed by atoms with Crippen molar-refractivity contribution < 1.29 is 37.8 Å². The molecule has 29 heavy (non-hydrogen) atoms. The average Bonchev–Trinajstić information content (AvgIpc) is 3.22. The molecule has 1 aromatic rings. The molecule has 0 bridgehead atoms. The normalized spacial score (nSPS) is 14.2. The summed E-state index contributed by atoms with van der Waals surface area (Å²) in [4.78, 5) is 49.2. The number of ether oxygens (including phenoxy) is 3. The van der Waals surface area contributed by atoms with Crippen LogP contribution in [0.5, 0.6) is 0 Å². The van der Waals surface area contributed by atoms with E-state index >= 15 is 0 Å². The molecule has 0 fully saturated rings. The van der Waals surface area contributed by atoms with Crippen LogP contribution in [0, 0.1) is 5.92 Å². The van der Waals surface area contributed by atoms with E-state index in [1.54, 1.807) is 26.0 Å². The summed E-state index contributed by atoms with van der Waals surface area (Å²) in [5, 5.41) is 5.38. The van der Waals surface area contributed by atoms with Crippen molar-refractivity contribution >= 4 is 23.8 Å². The molecule has 0 aliphatic carbocycles. The molecule has 156 valence electrons. The fourth-order valence-corrected chi connectivity index (χ4v) is 2.86. The third kappa shape index (κ3) is 5.03. The van der Waals surface area contributed by atoms with Gasteiger partial charge >= 0.3 is 17.9 Å². The van der Waals surface area contributed by atoms with Crippen LogP contribution < -0.4 is 10.6 Å². The molecule has 2 N–H and O–H groups in total. The van der Waals surface area contributed by atoms with E-state index in [9.17, 15) is 19.2 Å². The first-order valence-corrected chi connectivity index (χ1v) is 8.61. The van der Waals surface area contributed by atoms with Crippen molar-refractivity contribution in [3.63, 3.8) is 0 Å². The third-order valence-electron chi connectivity index (χ3n) is 4.19. The van der Waals surface area contributed by atoms with Crippen LogP contribution in [0.2, 0.25) is 0 Å². The fourth-order valence-electron chi connectivity index (χ4n) is 2.86. The van der Waals surface area contributed by atoms with Gasteiger partial charge in [0.2, 0.25) is 0 Å². The van der Waals surface area contributed by atoms with Gasteiger partial charge in [-0.15, -0.1) is 0 Å². The van der Waals surface area contributed by atoms with Crippen molar-refractivity contribution in [2.45, 2.75) is 20.4 Å². The van der Waals surface area contributed by atoms with Gasteiger partial charge in [-0.25, -0.2) is 9.59 Å². The molecular formula is C19H22N2O8. The Morgan fingerprint density at radius 3 is 2.14 bits per heavy atom. The second kappa shape index (κ2) is 9.58. The Morgan fingerprint density at radius 1 is 1.07 bits per heavy atom. The van der Waals surface area contributed by atoms with Crippen LogP contribution in [-0.2, 0) is 39.9 Å². The molecule has 10 heteroatoms. The topological polar surface area (TPSA) is 133 Å². The van der Waals surface area contributed by atoms with E-state index in [-0.39, 0.29) is 17.7 Å². The van der Waals surface area contributed by atoms with E-state index < -0.39 is 36.3 Å². The molecule has 0 radical (unpaired) electrons. The van der Waals surface area contributed by atoms with Crippen LogP contribution in [-0.4, -0.2) is 44.6 Å². The molecule has 0 unspecified atom stereocenters. The zero-order chi connectivity index (χ0) is 21.6. The van der Waals surface area contributed by atoms with Crippen LogP contribution in [0.1, 0.15) is 19.6 Å². The molecule has 0 saturated heterocycles. The molecule has 0 atom stereocenters. The smallest absolute Gasteiger partial charge is 0.336 e. The Kier molecular flexibility index (Phi) is 7.18. The SMILES string of the molecule is COC(=O)C1=C(C)NC(C)=C(C(=O)OC)C1C(=O)OCC(=O)NCc1ccco1. The highest BCUT2D eigenvalue weighted by atomic mass is 16.5. The molecule has 10 nitrogen and oxygen atoms in total. The first-order chi connectivity index (χ1) is 13.8. The molecule has 0 saturated carbocycles. The van der Waals surface area contributed by atoms with Crippen LogP contribution in [0.25, 0.3) is 0 Å². The second-order valence-corrected chi connectivity index (χ2v) is 6.08. The van der Waals surface area contributed by atoms with Gasteiger partial charge in [-0.1, -0.05) is 0 Å². The highest BCUT2D eigenvalue weighted by Crippen LogP contribution is 2.32. The van der Waals surface area contributed by atoms with Crippen molar-refractivity contribution in [1.29, 1.82) is 0 Å². The lowest BCUT2D eigenvalue weighted by Crippen LogP contribution is -2.39. The average molecular weight is 406 g/mol. The van der Waals surface area contributed by atoms with Crippen LogP contribution >= 0.6 is 0 Å². The summed E-state index contributed by atoms with van der Waals surface area (Å²) in [6.07, 6.45) is 1.46. The number of hydrogen-bond donors (Lipinski definition) is 2. The number of hydrogen-bond acceptors (Lipinski definition) is 9. The van der Waals surface area contributed by atoms with Crippen LogP contribution in [0.3, 0.4) is 0 Å². The maximum atomic E-state index is 12.8. The predicted molar refractivity (Wildman–Crippen MR) is 97.6 cm³/mol. The minimum atomic E-state index is -1.39. The van der Waals surface area contributed by atoms with E-state index in [1.165, 1.54) is 6.26 Å². The number of carbonyl (C=O) groups is 4. The maximum Gasteiger partial charge on any atom is 0.336 e. The lowest BCUT2D eigenvalue weighted by atomic mass is 9.85. The molecule has 1 aliphatic heterocycles. The van der Waals surface area contributed by atoms with Crippen molar-refractivity contribution in [2.24, 2.45) is 5.92 Å². The summed E-state index contributed by atoms with van der Waals surface area (Å²) in [6.45, 7) is 2.63. The zero-order valence-electron chi connectivity index (χ0n) is 16.5. The number of nitrogens with one attached hydrogen (secondary N) is 2. The Balaban J connectivity index is 2.17. The highest BCUT2D eigenvalue weighted by molar-refractivity contribution is 6.05. The van der Waals surface area contributed by atoms with Crippen LogP contribution in [0.4, 0.5) is 0 Å². The summed E-state index contributed by atoms with van der Waals surface area (Å²) in [5.74, 6) is -4.03. The second-order valence-electron chi connectivity index (χ2n) is 6.08. The highest BCUT2D eigenvalue weighted by Gasteiger charge is 2.42. The number of allylic oxidation sites excluding steroid dienone is 2. The van der Waals surface area contributed by atoms with E-state index in [0.29, 0.717) is 17.2 Å². The van der Waals surface area contributed by atoms with Crippen molar-refractivity contribution in [3.05, 3.63) is 46.7 Å². The van der Waals surface area contributed by atoms with Crippen LogP contribution in [0.15, 0.2) is 45.4 Å². The number of methoxy groups -OCH3 is 2. The van der Waals surface area contributed by atoms with Gasteiger partial charge in [0.15, 0.2) is 6.61 Å². The predicted octanol–water partition coefficient (Wildman–Crippen LogP) is 0.552. The van der Waals surface area contributed by atoms with Crippen molar-refractivity contribution in [2.75, 3.05) is 20.8 Å². The summed E-state index contributed by atoms with van der Waals surface area (Å²) >= 11 is 0. The molecule has 1 aliphatic rings. The number of carbonyl (C=O) groups excluding carboxylic acids is 4. The van der Waals surface area contributed by atoms with Gasteiger partial charge in [0.05, 0.1) is 38.2 Å². The van der Waals surface area contributed by atoms with Gasteiger partial charge < -0.3 is 29.3 Å². The molecule has 2 heterocycles. The van der Waals surface area contributed by atoms with E-state index in [2.05, 4.69) is 10.6 Å². The third-order valence-corrected chi connectivity index (χ3v) is 4.19. The molecule has 1 aromatic heterocycles. The number of dihydropyridines is 1. The monoisotopic (exact) mass is 406 g/mol. The summed E-state index contributed by atoms with van der Waals surface area (Å²) in [6, 6.07) is 3.35. The largest absolute Gasteiger partial charge is 0.467 e. The Bertz CT molecular complexity index is 829. The van der Waals surface area contributed by atoms with E-state index in [4.69, 9.17) is 18.6 Å². The number of esters is 3. The summed E-state index contributed by atoms with van der Waals surface area (Å²) in [5.41, 5.74) is 0.455. The van der Waals surface area contributed by atoms with Gasteiger partial charge in [0.25, 0.3) is 5.91 Å². The van der Waals surface area contributed by atoms with Gasteiger partial charge in [-0.3, -0.25) is 9.59 Å². The Labute approximate surface area is 166 Å². The molecule has 2 rings (SSSR count). The Morgan fingerprint density at radius 2 is 1.66 bits per heavy atom. The Hall–Kier alpha value is -3.56. The van der Waals surface area contributed by atoms with Crippen molar-refractivity contribution in [3.8, 4) is 0 Å². The molecule has 1 amide bonds. The number of rotatable bonds is 7. The van der Waals surface area contributed by atoms with Gasteiger partial charge in [-0.2, -0.15) is 0 Å². The summed E-state index contributed by atoms with van der Waals surface area (Å²) < 4.78 is 19.6. The standard InChI is InChI=1S/C19H22N2O8/c1-10-14(17(23)26-3)16(15(11(2)21-10)18(24)27-4)19(25)29-9-13(22)20-8-12-6-5-7-28-12/h5-7,16,21H,8-9H2,1-4H3,(H,20,22). The lowest BCUT2D eigenvalue weighted by Gasteiger charge is -2.28. The van der Waals surface area contributed by atoms with Gasteiger partial charge in [0.1, 0.15) is 11.7 Å². The fraction of sp³-hybridized carbons (Fsp3) is 0.368. The molecule has 0 spiro atoms. The minimum Gasteiger partial charge on any atom is -0.467 e. The number of furan rings is 1. The summed E-state index contributed by atoms with van der Waals surface area (Å²) in [7, 11) is 2.30. The van der Waals surface area contributed by atoms with Gasteiger partial charge in [0, 0.05) is 11.4 Å². The van der Waals surface area contributed by atoms with E-state index in [0.717, 1.165) is 14.2 Å². The number of amides is 1. The quantitative estimate of drug-likeness (QED) is 0.492. The first-order valence-electron chi connectivity index (χ1n) is 8.61. The lowest BCUT2D eigenvalue weighted by molar-refractivity contribution is -0.153. The van der Waals surface area contributed by atoms with Gasteiger partial charge in [-0.05, 0) is 26.0 Å². The minimum absolute atomic E-state index is 0.0977.